The number of rotatable bonds is 7. The van der Waals surface area contributed by atoms with Gasteiger partial charge in [-0.15, -0.1) is 0 Å². The van der Waals surface area contributed by atoms with E-state index in [1.54, 1.807) is 11.9 Å². The fourth-order valence-electron chi connectivity index (χ4n) is 1.67. The molecule has 0 saturated carbocycles. The first-order valence-electron chi connectivity index (χ1n) is 6.68. The molecule has 1 atom stereocenters. The number of amides is 1. The van der Waals surface area contributed by atoms with Gasteiger partial charge in [0.2, 0.25) is 5.91 Å². The zero-order valence-electron chi connectivity index (χ0n) is 12.1. The van der Waals surface area contributed by atoms with Gasteiger partial charge in [-0.25, -0.2) is 0 Å². The number of carbonyl (C=O) groups is 1. The Morgan fingerprint density at radius 1 is 1.47 bits per heavy atom. The van der Waals surface area contributed by atoms with E-state index in [-0.39, 0.29) is 11.9 Å². The third kappa shape index (κ3) is 6.25. The average molecular weight is 264 g/mol. The number of nitrogens with zero attached hydrogens (tertiary/aromatic N) is 1. The maximum absolute atomic E-state index is 11.8. The molecule has 0 aliphatic heterocycles. The Balaban J connectivity index is 2.26. The Labute approximate surface area is 115 Å². The van der Waals surface area contributed by atoms with Crippen LogP contribution in [0.25, 0.3) is 0 Å². The molecular weight excluding hydrogens is 240 g/mol. The number of hydrogen-bond acceptors (Lipinski definition) is 3. The molecule has 19 heavy (non-hydrogen) atoms. The highest BCUT2D eigenvalue weighted by atomic mass is 16.5. The predicted molar refractivity (Wildman–Crippen MR) is 77.2 cm³/mol. The molecule has 0 bridgehead atoms. The molecule has 0 radical (unpaired) electrons. The standard InChI is InChI=1S/C15H24N2O2/c1-12-5-4-6-14(11-12)19-10-8-15(18)17(3)9-7-13(2)16/h4-6,11,13H,7-10,16H2,1-3H3. The fourth-order valence-corrected chi connectivity index (χ4v) is 1.67. The van der Waals surface area contributed by atoms with Crippen LogP contribution in [0, 0.1) is 6.92 Å². The van der Waals surface area contributed by atoms with E-state index in [0.717, 1.165) is 17.7 Å². The molecule has 0 aliphatic rings. The van der Waals surface area contributed by atoms with Gasteiger partial charge in [0.15, 0.2) is 0 Å². The Morgan fingerprint density at radius 3 is 2.84 bits per heavy atom. The second-order valence-electron chi connectivity index (χ2n) is 5.00. The summed E-state index contributed by atoms with van der Waals surface area (Å²) < 4.78 is 5.56. The first kappa shape index (κ1) is 15.5. The van der Waals surface area contributed by atoms with E-state index < -0.39 is 0 Å². The van der Waals surface area contributed by atoms with E-state index in [1.807, 2.05) is 38.1 Å². The van der Waals surface area contributed by atoms with Gasteiger partial charge in [0.05, 0.1) is 13.0 Å². The summed E-state index contributed by atoms with van der Waals surface area (Å²) in [5.74, 6) is 0.902. The fraction of sp³-hybridized carbons (Fsp3) is 0.533. The summed E-state index contributed by atoms with van der Waals surface area (Å²) in [5.41, 5.74) is 6.82. The lowest BCUT2D eigenvalue weighted by molar-refractivity contribution is -0.130. The molecule has 0 aromatic heterocycles. The first-order valence-corrected chi connectivity index (χ1v) is 6.68. The molecular formula is C15H24N2O2. The molecule has 0 aliphatic carbocycles. The molecule has 0 heterocycles. The van der Waals surface area contributed by atoms with Crippen LogP contribution in [0.15, 0.2) is 24.3 Å². The Hall–Kier alpha value is -1.55. The molecule has 4 heteroatoms. The summed E-state index contributed by atoms with van der Waals surface area (Å²) in [6.07, 6.45) is 1.21. The van der Waals surface area contributed by atoms with Crippen LogP contribution in [0.5, 0.6) is 5.75 Å². The van der Waals surface area contributed by atoms with Crippen molar-refractivity contribution in [1.29, 1.82) is 0 Å². The zero-order valence-corrected chi connectivity index (χ0v) is 12.1. The first-order chi connectivity index (χ1) is 8.99. The van der Waals surface area contributed by atoms with Crippen molar-refractivity contribution in [3.05, 3.63) is 29.8 Å². The summed E-state index contributed by atoms with van der Waals surface area (Å²) in [7, 11) is 1.80. The van der Waals surface area contributed by atoms with E-state index >= 15 is 0 Å². The van der Waals surface area contributed by atoms with Gasteiger partial charge in [0.1, 0.15) is 5.75 Å². The maximum Gasteiger partial charge on any atom is 0.225 e. The minimum absolute atomic E-state index is 0.0910. The van der Waals surface area contributed by atoms with Crippen molar-refractivity contribution < 1.29 is 9.53 Å². The molecule has 2 N–H and O–H groups in total. The summed E-state index contributed by atoms with van der Waals surface area (Å²) in [6.45, 7) is 5.06. The van der Waals surface area contributed by atoms with Gasteiger partial charge < -0.3 is 15.4 Å². The Kier molecular flexibility index (Phi) is 6.36. The van der Waals surface area contributed by atoms with Gasteiger partial charge in [0, 0.05) is 19.6 Å². The second kappa shape index (κ2) is 7.79. The van der Waals surface area contributed by atoms with Gasteiger partial charge >= 0.3 is 0 Å². The van der Waals surface area contributed by atoms with Crippen molar-refractivity contribution in [2.45, 2.75) is 32.7 Å². The summed E-state index contributed by atoms with van der Waals surface area (Å²) >= 11 is 0. The smallest absolute Gasteiger partial charge is 0.225 e. The molecule has 0 fully saturated rings. The largest absolute Gasteiger partial charge is 0.493 e. The van der Waals surface area contributed by atoms with E-state index in [9.17, 15) is 4.79 Å². The van der Waals surface area contributed by atoms with E-state index in [1.165, 1.54) is 0 Å². The number of ether oxygens (including phenoxy) is 1. The van der Waals surface area contributed by atoms with Crippen LogP contribution < -0.4 is 10.5 Å². The molecule has 1 aromatic carbocycles. The number of aryl methyl sites for hydroxylation is 1. The third-order valence-corrected chi connectivity index (χ3v) is 2.92. The van der Waals surface area contributed by atoms with Crippen LogP contribution >= 0.6 is 0 Å². The maximum atomic E-state index is 11.8. The highest BCUT2D eigenvalue weighted by Gasteiger charge is 2.09. The van der Waals surface area contributed by atoms with Gasteiger partial charge in [0.25, 0.3) is 0 Å². The SMILES string of the molecule is Cc1cccc(OCCC(=O)N(C)CCC(C)N)c1. The van der Waals surface area contributed by atoms with Crippen molar-refractivity contribution in [1.82, 2.24) is 4.90 Å². The molecule has 1 aromatic rings. The lowest BCUT2D eigenvalue weighted by Gasteiger charge is -2.18. The molecule has 1 amide bonds. The van der Waals surface area contributed by atoms with Crippen molar-refractivity contribution in [3.63, 3.8) is 0 Å². The lowest BCUT2D eigenvalue weighted by atomic mass is 10.2. The molecule has 106 valence electrons. The van der Waals surface area contributed by atoms with Crippen LogP contribution in [0.4, 0.5) is 0 Å². The highest BCUT2D eigenvalue weighted by molar-refractivity contribution is 5.75. The van der Waals surface area contributed by atoms with Crippen molar-refractivity contribution >= 4 is 5.91 Å². The van der Waals surface area contributed by atoms with E-state index in [4.69, 9.17) is 10.5 Å². The average Bonchev–Trinajstić information content (AvgIpc) is 2.35. The molecule has 1 unspecified atom stereocenters. The minimum atomic E-state index is 0.0910. The van der Waals surface area contributed by atoms with Crippen LogP contribution in [0.3, 0.4) is 0 Å². The number of benzene rings is 1. The topological polar surface area (TPSA) is 55.6 Å². The van der Waals surface area contributed by atoms with Crippen LogP contribution in [-0.2, 0) is 4.79 Å². The van der Waals surface area contributed by atoms with Gasteiger partial charge in [-0.2, -0.15) is 0 Å². The van der Waals surface area contributed by atoms with Crippen LogP contribution in [0.2, 0.25) is 0 Å². The highest BCUT2D eigenvalue weighted by Crippen LogP contribution is 2.12. The van der Waals surface area contributed by atoms with Crippen LogP contribution in [0.1, 0.15) is 25.3 Å². The quantitative estimate of drug-likeness (QED) is 0.819. The molecule has 0 spiro atoms. The van der Waals surface area contributed by atoms with Crippen molar-refractivity contribution in [2.24, 2.45) is 5.73 Å². The molecule has 4 nitrogen and oxygen atoms in total. The van der Waals surface area contributed by atoms with Crippen molar-refractivity contribution in [2.75, 3.05) is 20.2 Å². The molecule has 1 rings (SSSR count). The number of nitrogens with two attached hydrogens (primary N) is 1. The van der Waals surface area contributed by atoms with Crippen molar-refractivity contribution in [3.8, 4) is 5.75 Å². The number of carbonyl (C=O) groups excluding carboxylic acids is 1. The van der Waals surface area contributed by atoms with Gasteiger partial charge in [-0.3, -0.25) is 4.79 Å². The van der Waals surface area contributed by atoms with Crippen LogP contribution in [-0.4, -0.2) is 37.0 Å². The van der Waals surface area contributed by atoms with E-state index in [2.05, 4.69) is 0 Å². The predicted octanol–water partition coefficient (Wildman–Crippen LogP) is 1.96. The normalized spacial score (nSPS) is 12.0. The van der Waals surface area contributed by atoms with Gasteiger partial charge in [-0.1, -0.05) is 12.1 Å². The summed E-state index contributed by atoms with van der Waals surface area (Å²) in [5, 5.41) is 0. The molecule has 0 saturated heterocycles. The summed E-state index contributed by atoms with van der Waals surface area (Å²) in [6, 6.07) is 7.95. The summed E-state index contributed by atoms with van der Waals surface area (Å²) in [4.78, 5) is 13.5. The zero-order chi connectivity index (χ0) is 14.3. The van der Waals surface area contributed by atoms with E-state index in [0.29, 0.717) is 19.6 Å². The third-order valence-electron chi connectivity index (χ3n) is 2.92. The minimum Gasteiger partial charge on any atom is -0.493 e. The second-order valence-corrected chi connectivity index (χ2v) is 5.00. The number of hydrogen-bond donors (Lipinski definition) is 1. The Bertz CT molecular complexity index is 405. The Morgan fingerprint density at radius 2 is 2.21 bits per heavy atom. The monoisotopic (exact) mass is 264 g/mol. The lowest BCUT2D eigenvalue weighted by Crippen LogP contribution is -2.32. The van der Waals surface area contributed by atoms with Gasteiger partial charge in [-0.05, 0) is 38.0 Å².